The van der Waals surface area contributed by atoms with Crippen molar-refractivity contribution in [3.05, 3.63) is 88.0 Å². The maximum absolute atomic E-state index is 15.1. The quantitative estimate of drug-likeness (QED) is 0.225. The number of halogens is 2. The average Bonchev–Trinajstić information content (AvgIpc) is 3.34. The highest BCUT2D eigenvalue weighted by atomic mass is 35.5. The fraction of sp³-hybridized carbons (Fsp3) is 0.312. The molecule has 0 saturated heterocycles. The Morgan fingerprint density at radius 3 is 2.30 bits per heavy atom. The van der Waals surface area contributed by atoms with Crippen LogP contribution in [0.3, 0.4) is 0 Å². The second-order valence-corrected chi connectivity index (χ2v) is 10.8. The zero-order valence-electron chi connectivity index (χ0n) is 23.3. The van der Waals surface area contributed by atoms with Crippen molar-refractivity contribution in [3.63, 3.8) is 0 Å². The van der Waals surface area contributed by atoms with Gasteiger partial charge in [0.05, 0.1) is 5.02 Å². The topological polar surface area (TPSA) is 75.4 Å². The zero-order chi connectivity index (χ0) is 29.1. The molecule has 3 aromatic carbocycles. The number of hydrogen-bond acceptors (Lipinski definition) is 5. The van der Waals surface area contributed by atoms with E-state index in [4.69, 9.17) is 16.4 Å². The number of thiophene rings is 1. The minimum Gasteiger partial charge on any atom is -0.388 e. The standard InChI is InChI=1S/C29H28ClFN2OS.C2H4O.CH5N/c1-32-22-14-11-19(12-15-22)20-13-16-25(31)21(17-20)18-33(23-7-3-2-4-8-23)29(34)28-27(30)24-9-5-6-10-26(24)35-28;1-2-3;1-2/h5-6,9-17,23,32H,2-4,7-8,18H2,1H3;2H,1H3;2H2,1H3. The van der Waals surface area contributed by atoms with Crippen LogP contribution < -0.4 is 11.1 Å². The van der Waals surface area contributed by atoms with Gasteiger partial charge in [-0.3, -0.25) is 4.79 Å². The molecular formula is C32H37ClFN3O2S. The van der Waals surface area contributed by atoms with E-state index in [0.717, 1.165) is 58.9 Å². The summed E-state index contributed by atoms with van der Waals surface area (Å²) in [4.78, 5) is 25.1. The number of hydrogen-bond donors (Lipinski definition) is 2. The van der Waals surface area contributed by atoms with Crippen molar-refractivity contribution in [1.82, 2.24) is 4.90 Å². The van der Waals surface area contributed by atoms with E-state index in [0.29, 0.717) is 15.5 Å². The Labute approximate surface area is 245 Å². The lowest BCUT2D eigenvalue weighted by Gasteiger charge is -2.34. The van der Waals surface area contributed by atoms with Crippen LogP contribution in [0, 0.1) is 5.82 Å². The molecule has 4 aromatic rings. The molecule has 0 aliphatic heterocycles. The third-order valence-electron chi connectivity index (χ3n) is 6.90. The summed E-state index contributed by atoms with van der Waals surface area (Å²) in [7, 11) is 3.38. The third-order valence-corrected chi connectivity index (χ3v) is 8.56. The Morgan fingerprint density at radius 1 is 1.05 bits per heavy atom. The van der Waals surface area contributed by atoms with E-state index < -0.39 is 0 Å². The SMILES string of the molecule is CC=O.CN.CNc1ccc(-c2ccc(F)c(CN(C(=O)c3sc4ccccc4c3Cl)C3CCCCC3)c2)cc1. The molecule has 1 heterocycles. The molecule has 212 valence electrons. The van der Waals surface area contributed by atoms with E-state index in [1.807, 2.05) is 66.5 Å². The number of carbonyl (C=O) groups is 2. The van der Waals surface area contributed by atoms with Gasteiger partial charge < -0.3 is 20.7 Å². The van der Waals surface area contributed by atoms with Crippen molar-refractivity contribution in [2.45, 2.75) is 51.6 Å². The summed E-state index contributed by atoms with van der Waals surface area (Å²) in [6, 6.07) is 21.1. The first-order chi connectivity index (χ1) is 19.5. The molecule has 0 bridgehead atoms. The molecule has 1 aliphatic carbocycles. The van der Waals surface area contributed by atoms with Crippen LogP contribution in [0.4, 0.5) is 10.1 Å². The second kappa shape index (κ2) is 15.5. The molecular weight excluding hydrogens is 545 g/mol. The van der Waals surface area contributed by atoms with Gasteiger partial charge in [-0.05, 0) is 68.3 Å². The maximum atomic E-state index is 15.1. The van der Waals surface area contributed by atoms with Gasteiger partial charge >= 0.3 is 0 Å². The Balaban J connectivity index is 0.000000827. The van der Waals surface area contributed by atoms with E-state index in [2.05, 4.69) is 11.1 Å². The Morgan fingerprint density at radius 2 is 1.68 bits per heavy atom. The van der Waals surface area contributed by atoms with Crippen molar-refractivity contribution in [2.75, 3.05) is 19.4 Å². The van der Waals surface area contributed by atoms with E-state index in [1.165, 1.54) is 37.8 Å². The second-order valence-electron chi connectivity index (χ2n) is 9.34. The highest BCUT2D eigenvalue weighted by Crippen LogP contribution is 2.37. The number of aldehydes is 1. The molecule has 0 spiro atoms. The summed E-state index contributed by atoms with van der Waals surface area (Å²) in [6.45, 7) is 1.67. The van der Waals surface area contributed by atoms with Crippen LogP contribution >= 0.6 is 22.9 Å². The smallest absolute Gasteiger partial charge is 0.266 e. The van der Waals surface area contributed by atoms with Crippen LogP contribution in [0.1, 0.15) is 54.3 Å². The molecule has 1 saturated carbocycles. The van der Waals surface area contributed by atoms with Crippen LogP contribution in [-0.4, -0.2) is 37.2 Å². The van der Waals surface area contributed by atoms with E-state index >= 15 is 4.39 Å². The van der Waals surface area contributed by atoms with Gasteiger partial charge in [-0.15, -0.1) is 11.3 Å². The molecule has 1 aromatic heterocycles. The first-order valence-electron chi connectivity index (χ1n) is 13.5. The monoisotopic (exact) mass is 581 g/mol. The normalized spacial score (nSPS) is 12.9. The fourth-order valence-electron chi connectivity index (χ4n) is 4.93. The van der Waals surface area contributed by atoms with Crippen molar-refractivity contribution in [1.29, 1.82) is 0 Å². The molecule has 0 unspecified atom stereocenters. The molecule has 0 radical (unpaired) electrons. The largest absolute Gasteiger partial charge is 0.388 e. The van der Waals surface area contributed by atoms with E-state index in [9.17, 15) is 4.79 Å². The van der Waals surface area contributed by atoms with Gasteiger partial charge in [-0.2, -0.15) is 0 Å². The molecule has 40 heavy (non-hydrogen) atoms. The number of carbonyl (C=O) groups excluding carboxylic acids is 2. The van der Waals surface area contributed by atoms with Crippen molar-refractivity contribution in [2.24, 2.45) is 5.73 Å². The van der Waals surface area contributed by atoms with Crippen LogP contribution in [0.15, 0.2) is 66.7 Å². The lowest BCUT2D eigenvalue weighted by atomic mass is 9.93. The highest BCUT2D eigenvalue weighted by Gasteiger charge is 2.30. The van der Waals surface area contributed by atoms with Gasteiger partial charge in [0.1, 0.15) is 17.0 Å². The van der Waals surface area contributed by atoms with Gasteiger partial charge in [-0.1, -0.05) is 67.3 Å². The lowest BCUT2D eigenvalue weighted by molar-refractivity contribution is -0.106. The first-order valence-corrected chi connectivity index (χ1v) is 14.7. The predicted octanol–water partition coefficient (Wildman–Crippen LogP) is 8.16. The zero-order valence-corrected chi connectivity index (χ0v) is 24.8. The van der Waals surface area contributed by atoms with Crippen LogP contribution in [0.25, 0.3) is 21.2 Å². The Hall–Kier alpha value is -3.26. The molecule has 1 aliphatic rings. The third kappa shape index (κ3) is 7.47. The van der Waals surface area contributed by atoms with Gasteiger partial charge in [0.2, 0.25) is 0 Å². The average molecular weight is 582 g/mol. The predicted molar refractivity (Wildman–Crippen MR) is 167 cm³/mol. The molecule has 1 amide bonds. The number of anilines is 1. The lowest BCUT2D eigenvalue weighted by Crippen LogP contribution is -2.41. The summed E-state index contributed by atoms with van der Waals surface area (Å²) >= 11 is 8.10. The van der Waals surface area contributed by atoms with Gasteiger partial charge in [0.25, 0.3) is 5.91 Å². The van der Waals surface area contributed by atoms with Gasteiger partial charge in [0.15, 0.2) is 0 Å². The first kappa shape index (κ1) is 31.3. The number of nitrogens with two attached hydrogens (primary N) is 1. The number of amides is 1. The summed E-state index contributed by atoms with van der Waals surface area (Å²) in [5.41, 5.74) is 7.98. The molecule has 5 rings (SSSR count). The summed E-state index contributed by atoms with van der Waals surface area (Å²) in [6.07, 6.45) is 5.95. The number of rotatable bonds is 6. The molecule has 1 fully saturated rings. The van der Waals surface area contributed by atoms with Crippen molar-refractivity contribution >= 4 is 50.9 Å². The summed E-state index contributed by atoms with van der Waals surface area (Å²) in [5, 5.41) is 4.51. The minimum atomic E-state index is -0.295. The number of benzene rings is 3. The van der Waals surface area contributed by atoms with Gasteiger partial charge in [0, 0.05) is 41.0 Å². The van der Waals surface area contributed by atoms with Crippen molar-refractivity contribution in [3.8, 4) is 11.1 Å². The highest BCUT2D eigenvalue weighted by molar-refractivity contribution is 7.21. The number of nitrogens with zero attached hydrogens (tertiary/aromatic N) is 1. The molecule has 3 N–H and O–H groups in total. The summed E-state index contributed by atoms with van der Waals surface area (Å²) < 4.78 is 16.1. The number of fused-ring (bicyclic) bond motifs is 1. The van der Waals surface area contributed by atoms with Crippen LogP contribution in [-0.2, 0) is 11.3 Å². The Bertz CT molecular complexity index is 1400. The fourth-order valence-corrected chi connectivity index (χ4v) is 6.40. The Kier molecular flexibility index (Phi) is 12.1. The molecule has 8 heteroatoms. The van der Waals surface area contributed by atoms with Crippen LogP contribution in [0.2, 0.25) is 5.02 Å². The van der Waals surface area contributed by atoms with Gasteiger partial charge in [-0.25, -0.2) is 4.39 Å². The molecule has 5 nitrogen and oxygen atoms in total. The maximum Gasteiger partial charge on any atom is 0.266 e. The molecule has 0 atom stereocenters. The summed E-state index contributed by atoms with van der Waals surface area (Å²) in [5.74, 6) is -0.400. The van der Waals surface area contributed by atoms with E-state index in [1.54, 1.807) is 6.07 Å². The van der Waals surface area contributed by atoms with E-state index in [-0.39, 0.29) is 24.3 Å². The van der Waals surface area contributed by atoms with Crippen LogP contribution in [0.5, 0.6) is 0 Å². The minimum absolute atomic E-state index is 0.0792. The van der Waals surface area contributed by atoms with Crippen molar-refractivity contribution < 1.29 is 14.0 Å². The number of nitrogens with one attached hydrogen (secondary N) is 1.